The summed E-state index contributed by atoms with van der Waals surface area (Å²) in [6.45, 7) is 1.83. The van der Waals surface area contributed by atoms with E-state index in [1.54, 1.807) is 0 Å². The molecule has 1 aliphatic carbocycles. The molecule has 2 aliphatic rings. The number of amides is 2. The Balaban J connectivity index is 1.85. The number of pyridine rings is 1. The third-order valence-corrected chi connectivity index (χ3v) is 5.13. The van der Waals surface area contributed by atoms with Crippen LogP contribution in [0.1, 0.15) is 64.9 Å². The fourth-order valence-electron chi connectivity index (χ4n) is 4.00. The second-order valence-electron chi connectivity index (χ2n) is 6.59. The molecule has 1 fully saturated rings. The fourth-order valence-corrected chi connectivity index (χ4v) is 4.00. The van der Waals surface area contributed by atoms with E-state index in [2.05, 4.69) is 4.98 Å². The average Bonchev–Trinajstić information content (AvgIpc) is 2.73. The van der Waals surface area contributed by atoms with E-state index in [9.17, 15) is 9.59 Å². The predicted octanol–water partition coefficient (Wildman–Crippen LogP) is 3.86. The molecule has 0 N–H and O–H groups in total. The van der Waals surface area contributed by atoms with Crippen LogP contribution >= 0.6 is 0 Å². The van der Waals surface area contributed by atoms with Crippen molar-refractivity contribution >= 4 is 22.7 Å². The summed E-state index contributed by atoms with van der Waals surface area (Å²) in [7, 11) is 0. The van der Waals surface area contributed by atoms with E-state index < -0.39 is 0 Å². The van der Waals surface area contributed by atoms with Gasteiger partial charge in [0, 0.05) is 11.4 Å². The molecule has 4 nitrogen and oxygen atoms in total. The average molecular weight is 308 g/mol. The Bertz CT molecular complexity index is 804. The lowest BCUT2D eigenvalue weighted by molar-refractivity contribution is 0.0570. The summed E-state index contributed by atoms with van der Waals surface area (Å²) in [5.41, 5.74) is 2.51. The molecule has 2 amide bonds. The quantitative estimate of drug-likeness (QED) is 0.593. The Morgan fingerprint density at radius 1 is 0.957 bits per heavy atom. The first-order valence-electron chi connectivity index (χ1n) is 8.45. The van der Waals surface area contributed by atoms with Crippen molar-refractivity contribution in [3.05, 3.63) is 41.1 Å². The van der Waals surface area contributed by atoms with Gasteiger partial charge in [0.2, 0.25) is 0 Å². The van der Waals surface area contributed by atoms with Gasteiger partial charge < -0.3 is 0 Å². The normalized spacial score (nSPS) is 19.3. The van der Waals surface area contributed by atoms with Gasteiger partial charge in [0.05, 0.1) is 22.3 Å². The summed E-state index contributed by atoms with van der Waals surface area (Å²) >= 11 is 0. The lowest BCUT2D eigenvalue weighted by atomic mass is 10.0. The number of aromatic nitrogens is 1. The molecule has 1 saturated carbocycles. The van der Waals surface area contributed by atoms with Gasteiger partial charge >= 0.3 is 0 Å². The molecule has 0 unspecified atom stereocenters. The Labute approximate surface area is 135 Å². The highest BCUT2D eigenvalue weighted by atomic mass is 16.2. The van der Waals surface area contributed by atoms with Gasteiger partial charge in [0.1, 0.15) is 0 Å². The van der Waals surface area contributed by atoms with Crippen molar-refractivity contribution in [3.63, 3.8) is 0 Å². The Morgan fingerprint density at radius 3 is 2.35 bits per heavy atom. The maximum Gasteiger partial charge on any atom is 0.263 e. The molecule has 0 spiro atoms. The van der Waals surface area contributed by atoms with Gasteiger partial charge in [0.25, 0.3) is 11.8 Å². The minimum absolute atomic E-state index is 0.0445. The van der Waals surface area contributed by atoms with E-state index in [1.807, 2.05) is 31.2 Å². The summed E-state index contributed by atoms with van der Waals surface area (Å²) in [5.74, 6) is -0.272. The summed E-state index contributed by atoms with van der Waals surface area (Å²) in [5, 5.41) is 0.794. The van der Waals surface area contributed by atoms with Gasteiger partial charge in [-0.1, -0.05) is 43.9 Å². The Hall–Kier alpha value is -2.23. The summed E-state index contributed by atoms with van der Waals surface area (Å²) in [6.07, 6.45) is 6.43. The Kier molecular flexibility index (Phi) is 3.40. The van der Waals surface area contributed by atoms with Crippen molar-refractivity contribution in [2.24, 2.45) is 0 Å². The van der Waals surface area contributed by atoms with E-state index in [0.29, 0.717) is 16.8 Å². The fraction of sp³-hybridized carbons (Fsp3) is 0.421. The maximum absolute atomic E-state index is 13.1. The van der Waals surface area contributed by atoms with Crippen LogP contribution < -0.4 is 0 Å². The monoisotopic (exact) mass is 308 g/mol. The van der Waals surface area contributed by atoms with E-state index >= 15 is 0 Å². The van der Waals surface area contributed by atoms with Crippen LogP contribution in [0.5, 0.6) is 0 Å². The smallest absolute Gasteiger partial charge is 0.263 e. The number of aryl methyl sites for hydroxylation is 1. The van der Waals surface area contributed by atoms with Crippen molar-refractivity contribution in [3.8, 4) is 0 Å². The highest BCUT2D eigenvalue weighted by Crippen LogP contribution is 2.35. The minimum Gasteiger partial charge on any atom is -0.271 e. The molecule has 23 heavy (non-hydrogen) atoms. The molecule has 2 aromatic rings. The van der Waals surface area contributed by atoms with Crippen molar-refractivity contribution in [1.82, 2.24) is 9.88 Å². The van der Waals surface area contributed by atoms with Gasteiger partial charge in [-0.05, 0) is 25.8 Å². The number of rotatable bonds is 1. The molecule has 0 atom stereocenters. The molecule has 4 heteroatoms. The molecule has 0 saturated heterocycles. The molecular weight excluding hydrogens is 288 g/mol. The number of imide groups is 1. The zero-order valence-corrected chi connectivity index (χ0v) is 13.3. The molecule has 2 heterocycles. The molecule has 0 bridgehead atoms. The molecule has 1 aromatic carbocycles. The minimum atomic E-state index is -0.146. The molecule has 1 aliphatic heterocycles. The van der Waals surface area contributed by atoms with Crippen LogP contribution in [0.25, 0.3) is 10.9 Å². The van der Waals surface area contributed by atoms with Crippen molar-refractivity contribution < 1.29 is 9.59 Å². The number of para-hydroxylation sites is 1. The molecule has 1 aromatic heterocycles. The molecular formula is C19H20N2O2. The van der Waals surface area contributed by atoms with Crippen LogP contribution in [0.2, 0.25) is 0 Å². The zero-order valence-electron chi connectivity index (χ0n) is 13.3. The maximum atomic E-state index is 13.1. The van der Waals surface area contributed by atoms with Gasteiger partial charge in [-0.3, -0.25) is 19.5 Å². The van der Waals surface area contributed by atoms with E-state index in [1.165, 1.54) is 17.7 Å². The Morgan fingerprint density at radius 2 is 1.61 bits per heavy atom. The van der Waals surface area contributed by atoms with Gasteiger partial charge in [-0.25, -0.2) is 0 Å². The summed E-state index contributed by atoms with van der Waals surface area (Å²) in [4.78, 5) is 32.1. The lowest BCUT2D eigenvalue weighted by Crippen LogP contribution is -2.39. The first kappa shape index (κ1) is 14.4. The van der Waals surface area contributed by atoms with Crippen LogP contribution in [0, 0.1) is 6.92 Å². The standard InChI is InChI=1S/C19H20N2O2/c1-12-16-17(14-10-6-7-11-15(14)20-12)19(23)21(18(16)22)13-8-4-2-3-5-9-13/h6-7,10-11,13H,2-5,8-9H2,1H3. The molecule has 0 radical (unpaired) electrons. The zero-order chi connectivity index (χ0) is 16.0. The number of hydrogen-bond acceptors (Lipinski definition) is 3. The van der Waals surface area contributed by atoms with E-state index in [-0.39, 0.29) is 17.9 Å². The van der Waals surface area contributed by atoms with Gasteiger partial charge in [0.15, 0.2) is 0 Å². The highest BCUT2D eigenvalue weighted by molar-refractivity contribution is 6.26. The van der Waals surface area contributed by atoms with Crippen molar-refractivity contribution in [1.29, 1.82) is 0 Å². The summed E-state index contributed by atoms with van der Waals surface area (Å²) in [6, 6.07) is 7.64. The van der Waals surface area contributed by atoms with Crippen LogP contribution in [-0.4, -0.2) is 27.7 Å². The molecule has 118 valence electrons. The van der Waals surface area contributed by atoms with Crippen LogP contribution in [0.15, 0.2) is 24.3 Å². The van der Waals surface area contributed by atoms with Crippen LogP contribution in [0.4, 0.5) is 0 Å². The number of carbonyl (C=O) groups excluding carboxylic acids is 2. The van der Waals surface area contributed by atoms with Crippen molar-refractivity contribution in [2.75, 3.05) is 0 Å². The van der Waals surface area contributed by atoms with Gasteiger partial charge in [-0.15, -0.1) is 0 Å². The van der Waals surface area contributed by atoms with E-state index in [0.717, 1.165) is 36.6 Å². The SMILES string of the molecule is Cc1nc2ccccc2c2c1C(=O)N(C1CCCCCC1)C2=O. The second kappa shape index (κ2) is 5.44. The van der Waals surface area contributed by atoms with Crippen LogP contribution in [0.3, 0.4) is 0 Å². The van der Waals surface area contributed by atoms with Crippen molar-refractivity contribution in [2.45, 2.75) is 51.5 Å². The highest BCUT2D eigenvalue weighted by Gasteiger charge is 2.42. The third kappa shape index (κ3) is 2.16. The number of carbonyl (C=O) groups is 2. The first-order valence-corrected chi connectivity index (χ1v) is 8.45. The number of hydrogen-bond donors (Lipinski definition) is 0. The lowest BCUT2D eigenvalue weighted by Gasteiger charge is -2.24. The van der Waals surface area contributed by atoms with Gasteiger partial charge in [-0.2, -0.15) is 0 Å². The van der Waals surface area contributed by atoms with E-state index in [4.69, 9.17) is 0 Å². The summed E-state index contributed by atoms with van der Waals surface area (Å²) < 4.78 is 0. The third-order valence-electron chi connectivity index (χ3n) is 5.13. The number of fused-ring (bicyclic) bond motifs is 3. The largest absolute Gasteiger partial charge is 0.271 e. The topological polar surface area (TPSA) is 50.3 Å². The van der Waals surface area contributed by atoms with Crippen LogP contribution in [-0.2, 0) is 0 Å². The molecule has 4 rings (SSSR count). The number of benzene rings is 1. The number of nitrogens with zero attached hydrogens (tertiary/aromatic N) is 2. The predicted molar refractivity (Wildman–Crippen MR) is 88.5 cm³/mol. The first-order chi connectivity index (χ1) is 11.2. The second-order valence-corrected chi connectivity index (χ2v) is 6.59.